The van der Waals surface area contributed by atoms with Crippen LogP contribution in [-0.4, -0.2) is 27.3 Å². The van der Waals surface area contributed by atoms with Crippen LogP contribution in [0.2, 0.25) is 0 Å². The Hall–Kier alpha value is -1.59. The molecule has 0 aliphatic carbocycles. The maximum atomic E-state index is 10.7. The lowest BCUT2D eigenvalue weighted by molar-refractivity contribution is -0.147. The molecular weight excluding hydrogens is 260 g/mol. The highest BCUT2D eigenvalue weighted by atomic mass is 35.5. The van der Waals surface area contributed by atoms with Gasteiger partial charge in [0, 0.05) is 12.3 Å². The molecule has 98 valence electrons. The van der Waals surface area contributed by atoms with E-state index in [0.29, 0.717) is 11.1 Å². The van der Waals surface area contributed by atoms with Crippen molar-refractivity contribution in [3.63, 3.8) is 0 Å². The molecule has 0 fully saturated rings. The number of aliphatic carboxylic acids is 2. The lowest BCUT2D eigenvalue weighted by atomic mass is 10.00. The van der Waals surface area contributed by atoms with Gasteiger partial charge in [-0.1, -0.05) is 18.2 Å². The molecule has 0 saturated heterocycles. The second-order valence-corrected chi connectivity index (χ2v) is 4.12. The van der Waals surface area contributed by atoms with Crippen molar-refractivity contribution < 1.29 is 24.9 Å². The van der Waals surface area contributed by atoms with E-state index in [1.165, 1.54) is 12.1 Å². The molecule has 1 unspecified atom stereocenters. The van der Waals surface area contributed by atoms with Crippen LogP contribution in [0, 0.1) is 0 Å². The number of hydrogen-bond acceptors (Lipinski definition) is 3. The van der Waals surface area contributed by atoms with Crippen LogP contribution in [0.15, 0.2) is 18.2 Å². The standard InChI is InChI=1S/C12H13ClO5/c13-6-8-3-7(1-2-10(14)15)4-9(5-8)11(16)12(17)18/h3-5,11,16H,1-2,6H2,(H,14,15)(H,17,18). The van der Waals surface area contributed by atoms with Gasteiger partial charge in [0.25, 0.3) is 0 Å². The molecule has 0 saturated carbocycles. The molecule has 0 bridgehead atoms. The Morgan fingerprint density at radius 2 is 1.78 bits per heavy atom. The fourth-order valence-electron chi connectivity index (χ4n) is 1.56. The van der Waals surface area contributed by atoms with Crippen LogP contribution in [0.4, 0.5) is 0 Å². The van der Waals surface area contributed by atoms with Gasteiger partial charge in [-0.05, 0) is 23.1 Å². The molecule has 0 aliphatic rings. The molecule has 3 N–H and O–H groups in total. The van der Waals surface area contributed by atoms with Gasteiger partial charge in [0.15, 0.2) is 6.10 Å². The van der Waals surface area contributed by atoms with Gasteiger partial charge in [0.1, 0.15) is 0 Å². The third kappa shape index (κ3) is 4.01. The number of alkyl halides is 1. The summed E-state index contributed by atoms with van der Waals surface area (Å²) in [5, 5.41) is 26.8. The third-order valence-electron chi connectivity index (χ3n) is 2.41. The number of hydrogen-bond donors (Lipinski definition) is 3. The number of halogens is 1. The van der Waals surface area contributed by atoms with E-state index in [4.69, 9.17) is 21.8 Å². The van der Waals surface area contributed by atoms with Crippen molar-refractivity contribution in [2.24, 2.45) is 0 Å². The average Bonchev–Trinajstić information content (AvgIpc) is 2.34. The van der Waals surface area contributed by atoms with Gasteiger partial charge < -0.3 is 15.3 Å². The predicted molar refractivity (Wildman–Crippen MR) is 64.6 cm³/mol. The SMILES string of the molecule is O=C(O)CCc1cc(CCl)cc(C(O)C(=O)O)c1. The Balaban J connectivity index is 3.01. The van der Waals surface area contributed by atoms with E-state index in [-0.39, 0.29) is 24.3 Å². The molecule has 1 aromatic rings. The maximum absolute atomic E-state index is 10.7. The van der Waals surface area contributed by atoms with Gasteiger partial charge in [-0.15, -0.1) is 11.6 Å². The summed E-state index contributed by atoms with van der Waals surface area (Å²) in [6.45, 7) is 0. The number of aliphatic hydroxyl groups is 1. The summed E-state index contributed by atoms with van der Waals surface area (Å²) in [5.74, 6) is -2.13. The van der Waals surface area contributed by atoms with Crippen molar-refractivity contribution in [1.29, 1.82) is 0 Å². The number of carboxylic acid groups (broad SMARTS) is 2. The number of carboxylic acids is 2. The van der Waals surface area contributed by atoms with E-state index in [9.17, 15) is 14.7 Å². The summed E-state index contributed by atoms with van der Waals surface area (Å²) in [6, 6.07) is 4.68. The first-order valence-electron chi connectivity index (χ1n) is 5.25. The van der Waals surface area contributed by atoms with Crippen LogP contribution in [0.5, 0.6) is 0 Å². The first kappa shape index (κ1) is 14.5. The average molecular weight is 273 g/mol. The van der Waals surface area contributed by atoms with Crippen molar-refractivity contribution in [2.75, 3.05) is 0 Å². The highest BCUT2D eigenvalue weighted by Gasteiger charge is 2.17. The van der Waals surface area contributed by atoms with Crippen LogP contribution in [0.25, 0.3) is 0 Å². The Kier molecular flexibility index (Phi) is 5.12. The molecule has 0 heterocycles. The normalized spacial score (nSPS) is 12.1. The quantitative estimate of drug-likeness (QED) is 0.683. The second kappa shape index (κ2) is 6.37. The number of benzene rings is 1. The fourth-order valence-corrected chi connectivity index (χ4v) is 1.72. The molecule has 0 spiro atoms. The van der Waals surface area contributed by atoms with E-state index >= 15 is 0 Å². The number of rotatable bonds is 6. The Morgan fingerprint density at radius 3 is 2.28 bits per heavy atom. The van der Waals surface area contributed by atoms with E-state index in [1.807, 2.05) is 0 Å². The highest BCUT2D eigenvalue weighted by Crippen LogP contribution is 2.20. The van der Waals surface area contributed by atoms with E-state index in [2.05, 4.69) is 0 Å². The minimum Gasteiger partial charge on any atom is -0.481 e. The van der Waals surface area contributed by atoms with E-state index in [1.54, 1.807) is 6.07 Å². The van der Waals surface area contributed by atoms with Crippen molar-refractivity contribution in [2.45, 2.75) is 24.8 Å². The molecule has 1 rings (SSSR count). The molecule has 1 aromatic carbocycles. The first-order chi connectivity index (χ1) is 8.43. The largest absolute Gasteiger partial charge is 0.481 e. The first-order valence-corrected chi connectivity index (χ1v) is 5.79. The van der Waals surface area contributed by atoms with Gasteiger partial charge in [-0.3, -0.25) is 4.79 Å². The zero-order valence-electron chi connectivity index (χ0n) is 9.47. The lowest BCUT2D eigenvalue weighted by Crippen LogP contribution is -2.11. The number of carbonyl (C=O) groups is 2. The van der Waals surface area contributed by atoms with Crippen LogP contribution in [0.3, 0.4) is 0 Å². The summed E-state index contributed by atoms with van der Waals surface area (Å²) in [5.41, 5.74) is 1.50. The molecule has 0 aliphatic heterocycles. The summed E-state index contributed by atoms with van der Waals surface area (Å²) in [7, 11) is 0. The van der Waals surface area contributed by atoms with Crippen molar-refractivity contribution in [3.8, 4) is 0 Å². The minimum atomic E-state index is -1.63. The lowest BCUT2D eigenvalue weighted by Gasteiger charge is -2.10. The minimum absolute atomic E-state index is 0.0612. The van der Waals surface area contributed by atoms with Crippen LogP contribution in [0.1, 0.15) is 29.2 Å². The van der Waals surface area contributed by atoms with E-state index < -0.39 is 18.0 Å². The monoisotopic (exact) mass is 272 g/mol. The van der Waals surface area contributed by atoms with Crippen molar-refractivity contribution in [1.82, 2.24) is 0 Å². The molecule has 1 atom stereocenters. The maximum Gasteiger partial charge on any atom is 0.337 e. The van der Waals surface area contributed by atoms with Gasteiger partial charge in [-0.2, -0.15) is 0 Å². The highest BCUT2D eigenvalue weighted by molar-refractivity contribution is 6.17. The zero-order chi connectivity index (χ0) is 13.7. The van der Waals surface area contributed by atoms with Gasteiger partial charge in [0.2, 0.25) is 0 Å². The van der Waals surface area contributed by atoms with Crippen LogP contribution >= 0.6 is 11.6 Å². The Morgan fingerprint density at radius 1 is 1.17 bits per heavy atom. The van der Waals surface area contributed by atoms with Crippen LogP contribution in [-0.2, 0) is 21.9 Å². The Labute approximate surface area is 109 Å². The molecule has 6 heteroatoms. The van der Waals surface area contributed by atoms with Crippen LogP contribution < -0.4 is 0 Å². The molecular formula is C12H13ClO5. The van der Waals surface area contributed by atoms with Gasteiger partial charge in [0.05, 0.1) is 0 Å². The number of aliphatic hydroxyl groups excluding tert-OH is 1. The second-order valence-electron chi connectivity index (χ2n) is 3.85. The topological polar surface area (TPSA) is 94.8 Å². The van der Waals surface area contributed by atoms with Crippen molar-refractivity contribution in [3.05, 3.63) is 34.9 Å². The molecule has 0 aromatic heterocycles. The van der Waals surface area contributed by atoms with Crippen molar-refractivity contribution >= 4 is 23.5 Å². The van der Waals surface area contributed by atoms with E-state index in [0.717, 1.165) is 0 Å². The predicted octanol–water partition coefficient (Wildman–Crippen LogP) is 1.56. The third-order valence-corrected chi connectivity index (χ3v) is 2.72. The van der Waals surface area contributed by atoms with Gasteiger partial charge in [-0.25, -0.2) is 4.79 Å². The fraction of sp³-hybridized carbons (Fsp3) is 0.333. The summed E-state index contributed by atoms with van der Waals surface area (Å²) in [4.78, 5) is 21.2. The summed E-state index contributed by atoms with van der Waals surface area (Å²) >= 11 is 5.67. The molecule has 5 nitrogen and oxygen atoms in total. The van der Waals surface area contributed by atoms with Gasteiger partial charge >= 0.3 is 11.9 Å². The summed E-state index contributed by atoms with van der Waals surface area (Å²) < 4.78 is 0. The molecule has 0 radical (unpaired) electrons. The smallest absolute Gasteiger partial charge is 0.337 e. The molecule has 0 amide bonds. The Bertz CT molecular complexity index is 458. The summed E-state index contributed by atoms with van der Waals surface area (Å²) in [6.07, 6.45) is -1.43. The zero-order valence-corrected chi connectivity index (χ0v) is 10.2. The number of aryl methyl sites for hydroxylation is 1. The molecule has 18 heavy (non-hydrogen) atoms.